The van der Waals surface area contributed by atoms with Crippen LogP contribution in [0.25, 0.3) is 5.57 Å². The van der Waals surface area contributed by atoms with Gasteiger partial charge in [0.2, 0.25) is 0 Å². The second kappa shape index (κ2) is 7.60. The van der Waals surface area contributed by atoms with Gasteiger partial charge in [0.15, 0.2) is 5.82 Å². The van der Waals surface area contributed by atoms with E-state index in [1.54, 1.807) is 12.4 Å². The van der Waals surface area contributed by atoms with E-state index in [2.05, 4.69) is 15.0 Å². The molecule has 2 aliphatic rings. The molecule has 0 radical (unpaired) electrons. The molecule has 142 valence electrons. The average molecular weight is 370 g/mol. The highest BCUT2D eigenvalue weighted by Gasteiger charge is 2.26. The highest BCUT2D eigenvalue weighted by molar-refractivity contribution is 5.81. The lowest BCUT2D eigenvalue weighted by Gasteiger charge is -2.29. The molecule has 7 heteroatoms. The zero-order chi connectivity index (χ0) is 18.8. The lowest BCUT2D eigenvalue weighted by molar-refractivity contribution is -0.141. The summed E-state index contributed by atoms with van der Waals surface area (Å²) in [7, 11) is 1.42. The Morgan fingerprint density at radius 2 is 2.04 bits per heavy atom. The number of carbonyl (C=O) groups is 1. The predicted molar refractivity (Wildman–Crippen MR) is 98.5 cm³/mol. The van der Waals surface area contributed by atoms with Crippen LogP contribution in [0.2, 0.25) is 0 Å². The van der Waals surface area contributed by atoms with Crippen LogP contribution in [0.3, 0.4) is 0 Å². The standard InChI is InChI=1S/C20H23FN4O2/c1-27-18(26)7-10-24-8-4-14(5-9-24)19-17-3-2-16(21)12-15(17)6-11-25-20(19)22-13-23-25/h2-3,12-13H,4-11H2,1H3. The molecular weight excluding hydrogens is 347 g/mol. The molecule has 6 nitrogen and oxygen atoms in total. The van der Waals surface area contributed by atoms with Crippen LogP contribution in [-0.4, -0.2) is 52.4 Å². The van der Waals surface area contributed by atoms with Gasteiger partial charge >= 0.3 is 5.97 Å². The minimum atomic E-state index is -0.205. The molecule has 0 atom stereocenters. The van der Waals surface area contributed by atoms with Crippen molar-refractivity contribution in [3.8, 4) is 0 Å². The first kappa shape index (κ1) is 17.9. The zero-order valence-corrected chi connectivity index (χ0v) is 15.4. The number of aryl methyl sites for hydroxylation is 2. The summed E-state index contributed by atoms with van der Waals surface area (Å²) >= 11 is 0. The molecule has 0 N–H and O–H groups in total. The van der Waals surface area contributed by atoms with Crippen molar-refractivity contribution < 1.29 is 13.9 Å². The summed E-state index contributed by atoms with van der Waals surface area (Å²) in [6, 6.07) is 5.03. The summed E-state index contributed by atoms with van der Waals surface area (Å²) in [6.45, 7) is 3.20. The number of halogens is 1. The van der Waals surface area contributed by atoms with Gasteiger partial charge in [-0.1, -0.05) is 11.6 Å². The number of likely N-dealkylation sites (tertiary alicyclic amines) is 1. The molecule has 0 spiro atoms. The number of ether oxygens (including phenoxy) is 1. The van der Waals surface area contributed by atoms with E-state index in [9.17, 15) is 9.18 Å². The first-order valence-corrected chi connectivity index (χ1v) is 9.34. The molecule has 0 amide bonds. The van der Waals surface area contributed by atoms with Gasteiger partial charge in [-0.25, -0.2) is 14.1 Å². The summed E-state index contributed by atoms with van der Waals surface area (Å²) in [6.07, 6.45) is 4.56. The fraction of sp³-hybridized carbons (Fsp3) is 0.450. The first-order chi connectivity index (χ1) is 13.2. The average Bonchev–Trinajstić information content (AvgIpc) is 3.09. The second-order valence-corrected chi connectivity index (χ2v) is 7.00. The van der Waals surface area contributed by atoms with Crippen LogP contribution in [0.15, 0.2) is 30.1 Å². The molecule has 2 aromatic rings. The largest absolute Gasteiger partial charge is 0.469 e. The number of fused-ring (bicyclic) bond motifs is 2. The van der Waals surface area contributed by atoms with E-state index in [0.29, 0.717) is 19.5 Å². The van der Waals surface area contributed by atoms with Crippen molar-refractivity contribution in [2.75, 3.05) is 26.7 Å². The number of esters is 1. The third-order valence-electron chi connectivity index (χ3n) is 5.44. The molecule has 2 aliphatic heterocycles. The zero-order valence-electron chi connectivity index (χ0n) is 15.4. The number of hydrogen-bond donors (Lipinski definition) is 0. The Morgan fingerprint density at radius 3 is 2.81 bits per heavy atom. The van der Waals surface area contributed by atoms with E-state index in [-0.39, 0.29) is 11.8 Å². The van der Waals surface area contributed by atoms with Crippen molar-refractivity contribution in [1.82, 2.24) is 19.7 Å². The van der Waals surface area contributed by atoms with Gasteiger partial charge in [-0.3, -0.25) is 4.79 Å². The second-order valence-electron chi connectivity index (χ2n) is 7.00. The summed E-state index contributed by atoms with van der Waals surface area (Å²) in [5.41, 5.74) is 4.51. The summed E-state index contributed by atoms with van der Waals surface area (Å²) in [5, 5.41) is 4.36. The van der Waals surface area contributed by atoms with Gasteiger partial charge < -0.3 is 9.64 Å². The Balaban J connectivity index is 1.63. The van der Waals surface area contributed by atoms with E-state index < -0.39 is 0 Å². The summed E-state index contributed by atoms with van der Waals surface area (Å²) in [4.78, 5) is 18.2. The Kier molecular flexibility index (Phi) is 5.03. The molecule has 27 heavy (non-hydrogen) atoms. The Hall–Kier alpha value is -2.54. The van der Waals surface area contributed by atoms with Crippen molar-refractivity contribution in [2.24, 2.45) is 0 Å². The number of carbonyl (C=O) groups excluding carboxylic acids is 1. The van der Waals surface area contributed by atoms with Crippen molar-refractivity contribution >= 4 is 11.5 Å². The van der Waals surface area contributed by atoms with Crippen molar-refractivity contribution in [1.29, 1.82) is 0 Å². The lowest BCUT2D eigenvalue weighted by atomic mass is 9.90. The van der Waals surface area contributed by atoms with Crippen LogP contribution >= 0.6 is 0 Å². The molecule has 3 heterocycles. The monoisotopic (exact) mass is 370 g/mol. The molecule has 0 aliphatic carbocycles. The number of aromatic nitrogens is 3. The molecule has 0 saturated carbocycles. The number of benzene rings is 1. The maximum Gasteiger partial charge on any atom is 0.306 e. The molecule has 1 aromatic carbocycles. The van der Waals surface area contributed by atoms with E-state index in [0.717, 1.165) is 54.9 Å². The Labute approximate surface area is 157 Å². The molecule has 1 fully saturated rings. The fourth-order valence-electron chi connectivity index (χ4n) is 3.98. The maximum absolute atomic E-state index is 13.8. The highest BCUT2D eigenvalue weighted by Crippen LogP contribution is 2.35. The van der Waals surface area contributed by atoms with Gasteiger partial charge in [0.1, 0.15) is 12.1 Å². The predicted octanol–water partition coefficient (Wildman–Crippen LogP) is 2.43. The van der Waals surface area contributed by atoms with Gasteiger partial charge in [-0.15, -0.1) is 0 Å². The highest BCUT2D eigenvalue weighted by atomic mass is 19.1. The van der Waals surface area contributed by atoms with E-state index in [1.807, 2.05) is 10.7 Å². The van der Waals surface area contributed by atoms with Crippen LogP contribution < -0.4 is 0 Å². The molecule has 1 aromatic heterocycles. The van der Waals surface area contributed by atoms with Crippen LogP contribution in [0.1, 0.15) is 36.2 Å². The van der Waals surface area contributed by atoms with Crippen LogP contribution in [0.5, 0.6) is 0 Å². The van der Waals surface area contributed by atoms with Crippen molar-refractivity contribution in [3.05, 3.63) is 52.9 Å². The van der Waals surface area contributed by atoms with Gasteiger partial charge in [0, 0.05) is 31.8 Å². The lowest BCUT2D eigenvalue weighted by Crippen LogP contribution is -2.33. The molecule has 1 saturated heterocycles. The van der Waals surface area contributed by atoms with Crippen molar-refractivity contribution in [3.63, 3.8) is 0 Å². The van der Waals surface area contributed by atoms with Crippen LogP contribution in [-0.2, 0) is 22.5 Å². The molecule has 4 rings (SSSR count). The van der Waals surface area contributed by atoms with Gasteiger partial charge in [-0.2, -0.15) is 5.10 Å². The minimum Gasteiger partial charge on any atom is -0.469 e. The topological polar surface area (TPSA) is 60.2 Å². The Morgan fingerprint density at radius 1 is 1.22 bits per heavy atom. The molecular formula is C20H23FN4O2. The van der Waals surface area contributed by atoms with E-state index >= 15 is 0 Å². The number of rotatable bonds is 3. The molecule has 0 bridgehead atoms. The maximum atomic E-state index is 13.8. The first-order valence-electron chi connectivity index (χ1n) is 9.34. The summed E-state index contributed by atoms with van der Waals surface area (Å²) < 4.78 is 20.4. The van der Waals surface area contributed by atoms with Crippen LogP contribution in [0, 0.1) is 5.82 Å². The van der Waals surface area contributed by atoms with Gasteiger partial charge in [0.25, 0.3) is 0 Å². The van der Waals surface area contributed by atoms with E-state index in [4.69, 9.17) is 4.74 Å². The quantitative estimate of drug-likeness (QED) is 0.777. The van der Waals surface area contributed by atoms with Crippen molar-refractivity contribution in [2.45, 2.75) is 32.2 Å². The number of methoxy groups -OCH3 is 1. The third-order valence-corrected chi connectivity index (χ3v) is 5.44. The Bertz CT molecular complexity index is 880. The number of nitrogens with zero attached hydrogens (tertiary/aromatic N) is 4. The SMILES string of the molecule is COC(=O)CCN1CCC(=C2c3ccc(F)cc3CCn3ncnc32)CC1. The number of hydrogen-bond acceptors (Lipinski definition) is 5. The minimum absolute atomic E-state index is 0.174. The van der Waals surface area contributed by atoms with Gasteiger partial charge in [0.05, 0.1) is 13.5 Å². The molecule has 0 unspecified atom stereocenters. The fourth-order valence-corrected chi connectivity index (χ4v) is 3.98. The third kappa shape index (κ3) is 3.64. The van der Waals surface area contributed by atoms with E-state index in [1.165, 1.54) is 18.7 Å². The number of piperidine rings is 1. The van der Waals surface area contributed by atoms with Gasteiger partial charge in [-0.05, 0) is 42.5 Å². The normalized spacial score (nSPS) is 17.3. The smallest absolute Gasteiger partial charge is 0.306 e. The van der Waals surface area contributed by atoms with Crippen LogP contribution in [0.4, 0.5) is 4.39 Å². The summed E-state index contributed by atoms with van der Waals surface area (Å²) in [5.74, 6) is 0.494.